The van der Waals surface area contributed by atoms with Crippen LogP contribution >= 0.6 is 0 Å². The molecule has 0 radical (unpaired) electrons. The summed E-state index contributed by atoms with van der Waals surface area (Å²) in [5, 5.41) is 3.68. The third-order valence-electron chi connectivity index (χ3n) is 2.63. The van der Waals surface area contributed by atoms with Crippen molar-refractivity contribution >= 4 is 22.0 Å². The molecular weight excluding hydrogens is 316 g/mol. The molecule has 0 aliphatic rings. The van der Waals surface area contributed by atoms with Crippen molar-refractivity contribution in [2.75, 3.05) is 0 Å². The SMILES string of the molecule is Cn1cc(S(=O)(=O)NC(=O)C=Cc2c(F)cccc2F)cn1. The minimum Gasteiger partial charge on any atom is -0.274 e. The highest BCUT2D eigenvalue weighted by molar-refractivity contribution is 7.90. The van der Waals surface area contributed by atoms with Crippen molar-refractivity contribution in [2.24, 2.45) is 7.05 Å². The van der Waals surface area contributed by atoms with E-state index in [0.717, 1.165) is 30.5 Å². The van der Waals surface area contributed by atoms with E-state index in [2.05, 4.69) is 5.10 Å². The first-order valence-corrected chi connectivity index (χ1v) is 7.45. The number of nitrogens with one attached hydrogen (secondary N) is 1. The fourth-order valence-corrected chi connectivity index (χ4v) is 2.52. The van der Waals surface area contributed by atoms with E-state index in [9.17, 15) is 22.0 Å². The fourth-order valence-electron chi connectivity index (χ4n) is 1.59. The van der Waals surface area contributed by atoms with Gasteiger partial charge in [0.1, 0.15) is 16.5 Å². The topological polar surface area (TPSA) is 81.1 Å². The molecule has 0 spiro atoms. The summed E-state index contributed by atoms with van der Waals surface area (Å²) in [4.78, 5) is 11.4. The summed E-state index contributed by atoms with van der Waals surface area (Å²) < 4.78 is 53.4. The van der Waals surface area contributed by atoms with Crippen LogP contribution in [0.15, 0.2) is 41.6 Å². The van der Waals surface area contributed by atoms with Gasteiger partial charge >= 0.3 is 0 Å². The zero-order valence-corrected chi connectivity index (χ0v) is 12.1. The van der Waals surface area contributed by atoms with E-state index in [0.29, 0.717) is 0 Å². The lowest BCUT2D eigenvalue weighted by Gasteiger charge is -2.02. The van der Waals surface area contributed by atoms with Crippen molar-refractivity contribution in [3.05, 3.63) is 53.9 Å². The molecule has 0 unspecified atom stereocenters. The first kappa shape index (κ1) is 15.8. The lowest BCUT2D eigenvalue weighted by Crippen LogP contribution is -2.28. The molecule has 22 heavy (non-hydrogen) atoms. The summed E-state index contributed by atoms with van der Waals surface area (Å²) in [6.45, 7) is 0. The van der Waals surface area contributed by atoms with Crippen LogP contribution in [0.5, 0.6) is 0 Å². The van der Waals surface area contributed by atoms with E-state index in [-0.39, 0.29) is 4.90 Å². The Labute approximate surface area is 125 Å². The second-order valence-electron chi connectivity index (χ2n) is 4.29. The molecule has 0 fully saturated rings. The van der Waals surface area contributed by atoms with E-state index in [1.807, 2.05) is 0 Å². The van der Waals surface area contributed by atoms with Gasteiger partial charge in [0.05, 0.1) is 6.20 Å². The zero-order chi connectivity index (χ0) is 16.3. The highest BCUT2D eigenvalue weighted by Crippen LogP contribution is 2.13. The monoisotopic (exact) mass is 327 g/mol. The summed E-state index contributed by atoms with van der Waals surface area (Å²) in [5.74, 6) is -2.76. The van der Waals surface area contributed by atoms with E-state index < -0.39 is 33.1 Å². The van der Waals surface area contributed by atoms with Crippen LogP contribution in [0.3, 0.4) is 0 Å². The summed E-state index contributed by atoms with van der Waals surface area (Å²) in [6.07, 6.45) is 3.86. The molecule has 1 amide bonds. The smallest absolute Gasteiger partial charge is 0.267 e. The van der Waals surface area contributed by atoms with Crippen molar-refractivity contribution in [3.8, 4) is 0 Å². The number of carbonyl (C=O) groups excluding carboxylic acids is 1. The summed E-state index contributed by atoms with van der Waals surface area (Å²) >= 11 is 0. The molecule has 0 bridgehead atoms. The molecule has 0 aliphatic heterocycles. The fraction of sp³-hybridized carbons (Fsp3) is 0.0769. The minimum atomic E-state index is -4.08. The third-order valence-corrected chi connectivity index (χ3v) is 3.93. The van der Waals surface area contributed by atoms with Crippen molar-refractivity contribution < 1.29 is 22.0 Å². The van der Waals surface area contributed by atoms with Crippen LogP contribution in [0.4, 0.5) is 8.78 Å². The molecule has 0 aliphatic carbocycles. The van der Waals surface area contributed by atoms with Crippen LogP contribution in [0, 0.1) is 11.6 Å². The standard InChI is InChI=1S/C13H11F2N3O3S/c1-18-8-9(7-16-18)22(20,21)17-13(19)6-5-10-11(14)3-2-4-12(10)15/h2-8H,1H3,(H,17,19). The van der Waals surface area contributed by atoms with Gasteiger partial charge in [0.25, 0.3) is 15.9 Å². The Bertz CT molecular complexity index is 824. The van der Waals surface area contributed by atoms with Crippen LogP contribution in [0.2, 0.25) is 0 Å². The Morgan fingerprint density at radius 1 is 1.32 bits per heavy atom. The lowest BCUT2D eigenvalue weighted by atomic mass is 10.2. The zero-order valence-electron chi connectivity index (χ0n) is 11.3. The number of hydrogen-bond donors (Lipinski definition) is 1. The van der Waals surface area contributed by atoms with E-state index in [1.54, 1.807) is 4.72 Å². The Kier molecular flexibility index (Phi) is 4.36. The normalized spacial score (nSPS) is 11.8. The summed E-state index contributed by atoms with van der Waals surface area (Å²) in [7, 11) is -2.57. The van der Waals surface area contributed by atoms with Gasteiger partial charge in [-0.05, 0) is 18.2 Å². The first-order chi connectivity index (χ1) is 10.3. The quantitative estimate of drug-likeness (QED) is 0.856. The highest BCUT2D eigenvalue weighted by atomic mass is 32.2. The lowest BCUT2D eigenvalue weighted by molar-refractivity contribution is -0.114. The number of sulfonamides is 1. The van der Waals surface area contributed by atoms with Crippen LogP contribution in [0.1, 0.15) is 5.56 Å². The minimum absolute atomic E-state index is 0.200. The van der Waals surface area contributed by atoms with Gasteiger partial charge < -0.3 is 0 Å². The van der Waals surface area contributed by atoms with Gasteiger partial charge in [-0.15, -0.1) is 0 Å². The number of amides is 1. The van der Waals surface area contributed by atoms with Gasteiger partial charge in [-0.3, -0.25) is 9.48 Å². The average Bonchev–Trinajstić information content (AvgIpc) is 2.85. The Morgan fingerprint density at radius 2 is 1.95 bits per heavy atom. The molecule has 1 aromatic heterocycles. The predicted molar refractivity (Wildman–Crippen MR) is 73.9 cm³/mol. The van der Waals surface area contributed by atoms with Gasteiger partial charge in [-0.2, -0.15) is 5.10 Å². The molecule has 1 heterocycles. The molecule has 6 nitrogen and oxygen atoms in total. The maximum atomic E-state index is 13.4. The number of carbonyl (C=O) groups is 1. The Hall–Kier alpha value is -2.55. The van der Waals surface area contributed by atoms with Gasteiger partial charge in [0, 0.05) is 24.9 Å². The van der Waals surface area contributed by atoms with Crippen molar-refractivity contribution in [1.29, 1.82) is 0 Å². The number of aromatic nitrogens is 2. The van der Waals surface area contributed by atoms with E-state index in [4.69, 9.17) is 0 Å². The number of hydrogen-bond acceptors (Lipinski definition) is 4. The molecule has 2 rings (SSSR count). The van der Waals surface area contributed by atoms with Gasteiger partial charge in [0.15, 0.2) is 0 Å². The number of aryl methyl sites for hydroxylation is 1. The van der Waals surface area contributed by atoms with Crippen molar-refractivity contribution in [2.45, 2.75) is 4.90 Å². The Balaban J connectivity index is 2.15. The molecule has 1 N–H and O–H groups in total. The first-order valence-electron chi connectivity index (χ1n) is 5.97. The second-order valence-corrected chi connectivity index (χ2v) is 5.97. The van der Waals surface area contributed by atoms with Crippen LogP contribution in [-0.2, 0) is 21.9 Å². The van der Waals surface area contributed by atoms with Gasteiger partial charge in [0.2, 0.25) is 0 Å². The predicted octanol–water partition coefficient (Wildman–Crippen LogP) is 1.22. The molecule has 9 heteroatoms. The number of nitrogens with zero attached hydrogens (tertiary/aromatic N) is 2. The van der Waals surface area contributed by atoms with E-state index >= 15 is 0 Å². The van der Waals surface area contributed by atoms with Crippen molar-refractivity contribution in [1.82, 2.24) is 14.5 Å². The van der Waals surface area contributed by atoms with Crippen LogP contribution < -0.4 is 4.72 Å². The van der Waals surface area contributed by atoms with Crippen molar-refractivity contribution in [3.63, 3.8) is 0 Å². The third kappa shape index (κ3) is 3.55. The molecular formula is C13H11F2N3O3S. The van der Waals surface area contributed by atoms with Crippen LogP contribution in [0.25, 0.3) is 6.08 Å². The molecule has 0 saturated carbocycles. The maximum absolute atomic E-state index is 13.4. The number of halogens is 2. The van der Waals surface area contributed by atoms with E-state index in [1.165, 1.54) is 24.0 Å². The summed E-state index contributed by atoms with van der Waals surface area (Å²) in [5.41, 5.74) is -0.434. The second kappa shape index (κ2) is 6.06. The molecule has 1 aromatic carbocycles. The molecule has 0 saturated heterocycles. The molecule has 116 valence electrons. The number of rotatable bonds is 4. The largest absolute Gasteiger partial charge is 0.274 e. The van der Waals surface area contributed by atoms with Gasteiger partial charge in [-0.1, -0.05) is 6.07 Å². The van der Waals surface area contributed by atoms with Gasteiger partial charge in [-0.25, -0.2) is 21.9 Å². The number of benzene rings is 1. The molecule has 0 atom stereocenters. The maximum Gasteiger partial charge on any atom is 0.267 e. The molecule has 2 aromatic rings. The average molecular weight is 327 g/mol. The van der Waals surface area contributed by atoms with Crippen LogP contribution in [-0.4, -0.2) is 24.1 Å². The Morgan fingerprint density at radius 3 is 2.50 bits per heavy atom. The summed E-state index contributed by atoms with van der Waals surface area (Å²) in [6, 6.07) is 3.22. The highest BCUT2D eigenvalue weighted by Gasteiger charge is 2.18.